The van der Waals surface area contributed by atoms with Crippen molar-refractivity contribution in [2.24, 2.45) is 12.8 Å². The molecule has 86 valence electrons. The Hall–Kier alpha value is -1.55. The van der Waals surface area contributed by atoms with Crippen LogP contribution in [0.2, 0.25) is 0 Å². The van der Waals surface area contributed by atoms with Gasteiger partial charge in [0.2, 0.25) is 0 Å². The maximum Gasteiger partial charge on any atom is 0.274 e. The van der Waals surface area contributed by atoms with Gasteiger partial charge >= 0.3 is 0 Å². The smallest absolute Gasteiger partial charge is 0.274 e. The summed E-state index contributed by atoms with van der Waals surface area (Å²) in [6.45, 7) is 3.26. The number of nitrogens with zero attached hydrogens (tertiary/aromatic N) is 2. The van der Waals surface area contributed by atoms with E-state index in [4.69, 9.17) is 5.73 Å². The Morgan fingerprint density at radius 2 is 2.12 bits per heavy atom. The summed E-state index contributed by atoms with van der Waals surface area (Å²) in [6, 6.07) is 5.84. The lowest BCUT2D eigenvalue weighted by molar-refractivity contribution is 0.531. The van der Waals surface area contributed by atoms with Crippen LogP contribution >= 0.6 is 0 Å². The number of para-hydroxylation sites is 1. The van der Waals surface area contributed by atoms with E-state index in [2.05, 4.69) is 0 Å². The Balaban J connectivity index is 2.82. The first-order valence-electron chi connectivity index (χ1n) is 5.58. The topological polar surface area (TPSA) is 52.9 Å². The average molecular weight is 219 g/mol. The first kappa shape index (κ1) is 11.0. The molecule has 0 unspecified atom stereocenters. The lowest BCUT2D eigenvalue weighted by atomic mass is 10.1. The van der Waals surface area contributed by atoms with Crippen molar-refractivity contribution in [3.05, 3.63) is 34.1 Å². The van der Waals surface area contributed by atoms with Crippen LogP contribution in [0.25, 0.3) is 10.9 Å². The van der Waals surface area contributed by atoms with Gasteiger partial charge in [-0.25, -0.2) is 0 Å². The number of fused-ring (bicyclic) bond motifs is 1. The van der Waals surface area contributed by atoms with Crippen molar-refractivity contribution in [2.45, 2.75) is 19.9 Å². The van der Waals surface area contributed by atoms with Gasteiger partial charge in [-0.3, -0.25) is 14.2 Å². The molecule has 4 nitrogen and oxygen atoms in total. The van der Waals surface area contributed by atoms with E-state index in [1.54, 1.807) is 4.68 Å². The Morgan fingerprint density at radius 3 is 2.75 bits per heavy atom. The molecular formula is C12H17N3O. The second-order valence-electron chi connectivity index (χ2n) is 3.90. The number of aromatic nitrogens is 2. The van der Waals surface area contributed by atoms with E-state index in [0.717, 1.165) is 22.9 Å². The fourth-order valence-electron chi connectivity index (χ4n) is 2.26. The summed E-state index contributed by atoms with van der Waals surface area (Å²) in [5, 5.41) is 0.787. The van der Waals surface area contributed by atoms with E-state index in [1.165, 1.54) is 0 Å². The van der Waals surface area contributed by atoms with Crippen molar-refractivity contribution in [3.63, 3.8) is 0 Å². The average Bonchev–Trinajstić information content (AvgIpc) is 2.53. The molecule has 0 spiro atoms. The highest BCUT2D eigenvalue weighted by molar-refractivity contribution is 5.82. The molecule has 0 radical (unpaired) electrons. The SMILES string of the molecule is CCn1c(=O)c2cccc(CCN)c2n1C. The van der Waals surface area contributed by atoms with Gasteiger partial charge in [-0.15, -0.1) is 0 Å². The quantitative estimate of drug-likeness (QED) is 0.832. The molecule has 1 aromatic carbocycles. The van der Waals surface area contributed by atoms with Crippen LogP contribution in [0, 0.1) is 0 Å². The van der Waals surface area contributed by atoms with Crippen molar-refractivity contribution in [2.75, 3.05) is 6.54 Å². The second kappa shape index (κ2) is 4.14. The van der Waals surface area contributed by atoms with Crippen molar-refractivity contribution < 1.29 is 0 Å². The van der Waals surface area contributed by atoms with E-state index in [0.29, 0.717) is 13.1 Å². The van der Waals surface area contributed by atoms with Crippen LogP contribution < -0.4 is 11.3 Å². The minimum atomic E-state index is 0.0823. The maximum absolute atomic E-state index is 12.0. The van der Waals surface area contributed by atoms with E-state index in [1.807, 2.05) is 36.9 Å². The van der Waals surface area contributed by atoms with Crippen LogP contribution in [0.15, 0.2) is 23.0 Å². The normalized spacial score (nSPS) is 11.2. The molecule has 0 aliphatic carbocycles. The number of aryl methyl sites for hydroxylation is 1. The van der Waals surface area contributed by atoms with Crippen LogP contribution in [0.4, 0.5) is 0 Å². The molecule has 0 atom stereocenters. The Morgan fingerprint density at radius 1 is 1.38 bits per heavy atom. The lowest BCUT2D eigenvalue weighted by Crippen LogP contribution is -2.19. The summed E-state index contributed by atoms with van der Waals surface area (Å²) in [6.07, 6.45) is 0.804. The number of rotatable bonds is 3. The van der Waals surface area contributed by atoms with Gasteiger partial charge in [0, 0.05) is 13.6 Å². The fraction of sp³-hybridized carbons (Fsp3) is 0.417. The van der Waals surface area contributed by atoms with Crippen LogP contribution in [-0.2, 0) is 20.0 Å². The van der Waals surface area contributed by atoms with Crippen LogP contribution in [0.1, 0.15) is 12.5 Å². The predicted molar refractivity (Wildman–Crippen MR) is 65.6 cm³/mol. The molecule has 2 rings (SSSR count). The molecule has 16 heavy (non-hydrogen) atoms. The van der Waals surface area contributed by atoms with E-state index in [9.17, 15) is 4.79 Å². The van der Waals surface area contributed by atoms with Crippen molar-refractivity contribution >= 4 is 10.9 Å². The highest BCUT2D eigenvalue weighted by Gasteiger charge is 2.11. The van der Waals surface area contributed by atoms with Gasteiger partial charge in [0.25, 0.3) is 5.56 Å². The van der Waals surface area contributed by atoms with Crippen molar-refractivity contribution in [1.82, 2.24) is 9.36 Å². The Bertz CT molecular complexity index is 565. The summed E-state index contributed by atoms with van der Waals surface area (Å²) in [5.74, 6) is 0. The molecule has 2 N–H and O–H groups in total. The number of benzene rings is 1. The maximum atomic E-state index is 12.0. The van der Waals surface area contributed by atoms with Gasteiger partial charge in [0.15, 0.2) is 0 Å². The third kappa shape index (κ3) is 1.46. The zero-order chi connectivity index (χ0) is 11.7. The molecule has 1 heterocycles. The van der Waals surface area contributed by atoms with Crippen molar-refractivity contribution in [3.8, 4) is 0 Å². The largest absolute Gasteiger partial charge is 0.330 e. The monoisotopic (exact) mass is 219 g/mol. The molecule has 0 fully saturated rings. The molecule has 0 amide bonds. The van der Waals surface area contributed by atoms with Gasteiger partial charge in [-0.05, 0) is 31.5 Å². The number of hydrogen-bond acceptors (Lipinski definition) is 2. The molecule has 4 heteroatoms. The highest BCUT2D eigenvalue weighted by Crippen LogP contribution is 2.16. The van der Waals surface area contributed by atoms with Crippen LogP contribution in [-0.4, -0.2) is 15.9 Å². The summed E-state index contributed by atoms with van der Waals surface area (Å²) in [7, 11) is 1.92. The Labute approximate surface area is 94.3 Å². The summed E-state index contributed by atoms with van der Waals surface area (Å²) >= 11 is 0. The molecule has 0 aliphatic rings. The highest BCUT2D eigenvalue weighted by atomic mass is 16.1. The first-order valence-corrected chi connectivity index (χ1v) is 5.58. The number of hydrogen-bond donors (Lipinski definition) is 1. The Kier molecular flexibility index (Phi) is 2.83. The van der Waals surface area contributed by atoms with Gasteiger partial charge in [-0.2, -0.15) is 0 Å². The minimum Gasteiger partial charge on any atom is -0.330 e. The lowest BCUT2D eigenvalue weighted by Gasteiger charge is -2.06. The van der Waals surface area contributed by atoms with Crippen molar-refractivity contribution in [1.29, 1.82) is 0 Å². The zero-order valence-corrected chi connectivity index (χ0v) is 9.73. The van der Waals surface area contributed by atoms with E-state index >= 15 is 0 Å². The summed E-state index contributed by atoms with van der Waals surface area (Å²) in [5.41, 5.74) is 7.83. The van der Waals surface area contributed by atoms with Gasteiger partial charge in [0.1, 0.15) is 0 Å². The molecule has 1 aromatic heterocycles. The predicted octanol–water partition coefficient (Wildman–Crippen LogP) is 0.861. The molecule has 0 saturated carbocycles. The first-order chi connectivity index (χ1) is 7.70. The molecule has 0 aliphatic heterocycles. The second-order valence-corrected chi connectivity index (χ2v) is 3.90. The van der Waals surface area contributed by atoms with E-state index in [-0.39, 0.29) is 5.56 Å². The molecule has 0 bridgehead atoms. The zero-order valence-electron chi connectivity index (χ0n) is 9.73. The molecular weight excluding hydrogens is 202 g/mol. The third-order valence-corrected chi connectivity index (χ3v) is 2.98. The number of nitrogens with two attached hydrogens (primary N) is 1. The standard InChI is InChI=1S/C12H17N3O/c1-3-15-12(16)10-6-4-5-9(7-8-13)11(10)14(15)2/h4-6H,3,7-8,13H2,1-2H3. The van der Waals surface area contributed by atoms with Crippen LogP contribution in [0.3, 0.4) is 0 Å². The van der Waals surface area contributed by atoms with E-state index < -0.39 is 0 Å². The minimum absolute atomic E-state index is 0.0823. The third-order valence-electron chi connectivity index (χ3n) is 2.98. The summed E-state index contributed by atoms with van der Waals surface area (Å²) in [4.78, 5) is 12.0. The summed E-state index contributed by atoms with van der Waals surface area (Å²) < 4.78 is 3.67. The van der Waals surface area contributed by atoms with Gasteiger partial charge in [-0.1, -0.05) is 12.1 Å². The fourth-order valence-corrected chi connectivity index (χ4v) is 2.26. The van der Waals surface area contributed by atoms with Crippen LogP contribution in [0.5, 0.6) is 0 Å². The molecule has 0 saturated heterocycles. The van der Waals surface area contributed by atoms with Gasteiger partial charge < -0.3 is 5.73 Å². The molecule has 2 aromatic rings. The van der Waals surface area contributed by atoms with Gasteiger partial charge in [0.05, 0.1) is 10.9 Å².